The van der Waals surface area contributed by atoms with Crippen molar-refractivity contribution in [1.82, 2.24) is 5.32 Å². The van der Waals surface area contributed by atoms with Gasteiger partial charge in [0.1, 0.15) is 5.70 Å². The number of carbonyl (C=O) groups is 1. The summed E-state index contributed by atoms with van der Waals surface area (Å²) in [4.78, 5) is 15.8. The zero-order chi connectivity index (χ0) is 13.5. The first-order valence-corrected chi connectivity index (χ1v) is 6.77. The second-order valence-electron chi connectivity index (χ2n) is 4.14. The first-order chi connectivity index (χ1) is 8.54. The van der Waals surface area contributed by atoms with Crippen molar-refractivity contribution in [2.75, 3.05) is 12.3 Å². The van der Waals surface area contributed by atoms with Crippen LogP contribution in [-0.2, 0) is 4.79 Å². The summed E-state index contributed by atoms with van der Waals surface area (Å²) in [5, 5.41) is 21.4. The van der Waals surface area contributed by atoms with E-state index in [2.05, 4.69) is 10.3 Å². The van der Waals surface area contributed by atoms with E-state index >= 15 is 0 Å². The maximum atomic E-state index is 11.1. The normalized spacial score (nSPS) is 21.3. The Bertz CT molecular complexity index is 355. The van der Waals surface area contributed by atoms with Gasteiger partial charge in [-0.3, -0.25) is 4.99 Å². The quantitative estimate of drug-likeness (QED) is 0.298. The summed E-state index contributed by atoms with van der Waals surface area (Å²) < 4.78 is 0. The Balaban J connectivity index is 2.54. The van der Waals surface area contributed by atoms with Gasteiger partial charge in [0.2, 0.25) is 0 Å². The highest BCUT2D eigenvalue weighted by atomic mass is 32.2. The zero-order valence-electron chi connectivity index (χ0n) is 10.3. The number of aliphatic imine (C=N–C) groups is 1. The van der Waals surface area contributed by atoms with Gasteiger partial charge >= 0.3 is 5.97 Å². The molecule has 102 valence electrons. The molecule has 5 N–H and O–H groups in total. The van der Waals surface area contributed by atoms with Gasteiger partial charge in [0, 0.05) is 23.1 Å². The van der Waals surface area contributed by atoms with Crippen molar-refractivity contribution in [3.05, 3.63) is 10.6 Å². The van der Waals surface area contributed by atoms with E-state index in [0.29, 0.717) is 25.1 Å². The second-order valence-corrected chi connectivity index (χ2v) is 5.33. The lowest BCUT2D eigenvalue weighted by Crippen LogP contribution is -2.28. The Morgan fingerprint density at radius 2 is 2.50 bits per heavy atom. The number of aliphatic hydroxyl groups excluding tert-OH is 1. The molecule has 1 heterocycles. The lowest BCUT2D eigenvalue weighted by atomic mass is 10.1. The summed E-state index contributed by atoms with van der Waals surface area (Å²) in [6.07, 6.45) is 1.99. The smallest absolute Gasteiger partial charge is 0.352 e. The number of carboxylic acid groups (broad SMARTS) is 1. The fraction of sp³-hybridized carbons (Fsp3) is 0.636. The van der Waals surface area contributed by atoms with Gasteiger partial charge in [0.15, 0.2) is 0 Å². The average molecular weight is 273 g/mol. The lowest BCUT2D eigenvalue weighted by Gasteiger charge is -2.13. The van der Waals surface area contributed by atoms with Crippen LogP contribution in [0.4, 0.5) is 0 Å². The van der Waals surface area contributed by atoms with E-state index in [-0.39, 0.29) is 11.7 Å². The van der Waals surface area contributed by atoms with Crippen LogP contribution < -0.4 is 11.1 Å². The van der Waals surface area contributed by atoms with Crippen molar-refractivity contribution in [2.24, 2.45) is 10.7 Å². The average Bonchev–Trinajstić information content (AvgIpc) is 2.67. The monoisotopic (exact) mass is 273 g/mol. The van der Waals surface area contributed by atoms with E-state index in [1.807, 2.05) is 0 Å². The predicted octanol–water partition coefficient (Wildman–Crippen LogP) is 0.136. The fourth-order valence-corrected chi connectivity index (χ4v) is 2.88. The molecule has 0 fully saturated rings. The highest BCUT2D eigenvalue weighted by Gasteiger charge is 2.28. The summed E-state index contributed by atoms with van der Waals surface area (Å²) in [5.74, 6) is -0.254. The SMILES string of the molecule is C[C@@H](O)CC1CC(SCCN=CN)=C(C(=O)O)N1. The maximum absolute atomic E-state index is 11.1. The number of aliphatic hydroxyl groups is 1. The topological polar surface area (TPSA) is 108 Å². The molecule has 0 saturated carbocycles. The molecule has 6 nitrogen and oxygen atoms in total. The zero-order valence-corrected chi connectivity index (χ0v) is 11.1. The van der Waals surface area contributed by atoms with Crippen molar-refractivity contribution in [3.63, 3.8) is 0 Å². The summed E-state index contributed by atoms with van der Waals surface area (Å²) in [5.41, 5.74) is 5.38. The Kier molecular flexibility index (Phi) is 6.00. The minimum absolute atomic E-state index is 0.00314. The molecule has 7 heteroatoms. The van der Waals surface area contributed by atoms with Crippen LogP contribution in [0, 0.1) is 0 Å². The third kappa shape index (κ3) is 4.58. The van der Waals surface area contributed by atoms with Gasteiger partial charge in [-0.25, -0.2) is 4.79 Å². The number of hydrogen-bond donors (Lipinski definition) is 4. The van der Waals surface area contributed by atoms with Gasteiger partial charge in [-0.2, -0.15) is 0 Å². The number of nitrogens with one attached hydrogen (secondary N) is 1. The van der Waals surface area contributed by atoms with E-state index in [0.717, 1.165) is 4.91 Å². The molecule has 0 bridgehead atoms. The van der Waals surface area contributed by atoms with Crippen molar-refractivity contribution in [3.8, 4) is 0 Å². The van der Waals surface area contributed by atoms with Crippen LogP contribution in [0.2, 0.25) is 0 Å². The molecule has 0 aliphatic carbocycles. The molecule has 0 aromatic heterocycles. The maximum Gasteiger partial charge on any atom is 0.352 e. The number of rotatable bonds is 7. The van der Waals surface area contributed by atoms with E-state index in [1.165, 1.54) is 18.1 Å². The van der Waals surface area contributed by atoms with Gasteiger partial charge in [-0.15, -0.1) is 11.8 Å². The number of carboxylic acids is 1. The van der Waals surface area contributed by atoms with Crippen LogP contribution >= 0.6 is 11.8 Å². The molecule has 0 saturated heterocycles. The van der Waals surface area contributed by atoms with E-state index in [4.69, 9.17) is 10.8 Å². The van der Waals surface area contributed by atoms with Crippen molar-refractivity contribution < 1.29 is 15.0 Å². The summed E-state index contributed by atoms with van der Waals surface area (Å²) in [6.45, 7) is 2.27. The highest BCUT2D eigenvalue weighted by Crippen LogP contribution is 2.31. The van der Waals surface area contributed by atoms with E-state index in [9.17, 15) is 9.90 Å². The molecule has 1 unspecified atom stereocenters. The molecule has 18 heavy (non-hydrogen) atoms. The molecule has 2 atom stereocenters. The molecule has 1 aliphatic heterocycles. The summed E-state index contributed by atoms with van der Waals surface area (Å²) in [7, 11) is 0. The summed E-state index contributed by atoms with van der Waals surface area (Å²) >= 11 is 1.48. The van der Waals surface area contributed by atoms with Gasteiger partial charge in [-0.05, 0) is 13.3 Å². The lowest BCUT2D eigenvalue weighted by molar-refractivity contribution is -0.133. The van der Waals surface area contributed by atoms with Gasteiger partial charge in [0.25, 0.3) is 0 Å². The minimum atomic E-state index is -0.951. The van der Waals surface area contributed by atoms with Crippen LogP contribution in [0.3, 0.4) is 0 Å². The number of hydrogen-bond acceptors (Lipinski definition) is 5. The minimum Gasteiger partial charge on any atom is -0.477 e. The molecule has 0 radical (unpaired) electrons. The number of nitrogens with two attached hydrogens (primary N) is 1. The number of nitrogens with zero attached hydrogens (tertiary/aromatic N) is 1. The Labute approximate surface area is 110 Å². The third-order valence-electron chi connectivity index (χ3n) is 2.50. The second kappa shape index (κ2) is 7.27. The molecule has 1 rings (SSSR count). The third-order valence-corrected chi connectivity index (χ3v) is 3.61. The Morgan fingerprint density at radius 1 is 1.78 bits per heavy atom. The van der Waals surface area contributed by atoms with Crippen LogP contribution in [0.5, 0.6) is 0 Å². The summed E-state index contributed by atoms with van der Waals surface area (Å²) in [6, 6.07) is -0.00314. The van der Waals surface area contributed by atoms with Crippen LogP contribution in [0.15, 0.2) is 15.6 Å². The van der Waals surface area contributed by atoms with Crippen LogP contribution in [-0.4, -0.2) is 47.0 Å². The van der Waals surface area contributed by atoms with Crippen molar-refractivity contribution in [1.29, 1.82) is 0 Å². The van der Waals surface area contributed by atoms with Gasteiger partial charge in [-0.1, -0.05) is 0 Å². The first kappa shape index (κ1) is 14.8. The Hall–Kier alpha value is -1.21. The van der Waals surface area contributed by atoms with E-state index in [1.54, 1.807) is 6.92 Å². The standard InChI is InChI=1S/C11H19N3O3S/c1-7(15)4-8-5-9(10(14-8)11(16)17)18-3-2-13-6-12/h6-8,14-15H,2-5H2,1H3,(H2,12,13)(H,16,17)/t7-,8?/m1/s1. The molecular weight excluding hydrogens is 254 g/mol. The molecule has 1 aliphatic rings. The van der Waals surface area contributed by atoms with Gasteiger partial charge < -0.3 is 21.3 Å². The molecular formula is C11H19N3O3S. The molecule has 0 aromatic carbocycles. The highest BCUT2D eigenvalue weighted by molar-refractivity contribution is 8.03. The predicted molar refractivity (Wildman–Crippen MR) is 72.5 cm³/mol. The largest absolute Gasteiger partial charge is 0.477 e. The van der Waals surface area contributed by atoms with Crippen LogP contribution in [0.25, 0.3) is 0 Å². The van der Waals surface area contributed by atoms with Crippen LogP contribution in [0.1, 0.15) is 19.8 Å². The molecule has 0 spiro atoms. The number of aliphatic carboxylic acids is 1. The van der Waals surface area contributed by atoms with Crippen molar-refractivity contribution in [2.45, 2.75) is 31.9 Å². The molecule has 0 aromatic rings. The fourth-order valence-electron chi connectivity index (χ4n) is 1.82. The first-order valence-electron chi connectivity index (χ1n) is 5.78. The van der Waals surface area contributed by atoms with Gasteiger partial charge in [0.05, 0.1) is 19.0 Å². The van der Waals surface area contributed by atoms with E-state index < -0.39 is 12.1 Å². The van der Waals surface area contributed by atoms with Crippen molar-refractivity contribution >= 4 is 24.1 Å². The number of thioether (sulfide) groups is 1. The Morgan fingerprint density at radius 3 is 3.06 bits per heavy atom. The molecule has 0 amide bonds.